The molecule has 0 saturated heterocycles. The molecule has 0 aliphatic carbocycles. The van der Waals surface area contributed by atoms with Crippen LogP contribution in [0.25, 0.3) is 0 Å². The highest BCUT2D eigenvalue weighted by Gasteiger charge is 2.27. The average Bonchev–Trinajstić information content (AvgIpc) is 2.32. The van der Waals surface area contributed by atoms with Gasteiger partial charge in [0.25, 0.3) is 0 Å². The molecule has 1 rings (SSSR count). The van der Waals surface area contributed by atoms with E-state index in [0.717, 1.165) is 0 Å². The van der Waals surface area contributed by atoms with Gasteiger partial charge in [-0.2, -0.15) is 13.2 Å². The number of aliphatic hydroxyl groups excluding tert-OH is 1. The maximum atomic E-state index is 11.8. The second-order valence-corrected chi connectivity index (χ2v) is 3.18. The zero-order valence-electron chi connectivity index (χ0n) is 9.33. The summed E-state index contributed by atoms with van der Waals surface area (Å²) < 4.78 is 44.7. The molecule has 0 bridgehead atoms. The van der Waals surface area contributed by atoms with E-state index >= 15 is 0 Å². The summed E-state index contributed by atoms with van der Waals surface area (Å²) in [4.78, 5) is 0. The highest BCUT2D eigenvalue weighted by atomic mass is 19.4. The van der Waals surface area contributed by atoms with Crippen molar-refractivity contribution in [3.63, 3.8) is 0 Å². The Labute approximate surface area is 102 Å². The smallest absolute Gasteiger partial charge is 0.411 e. The van der Waals surface area contributed by atoms with E-state index in [9.17, 15) is 13.2 Å². The highest BCUT2D eigenvalue weighted by molar-refractivity contribution is 5.45. The third kappa shape index (κ3) is 5.57. The fourth-order valence-electron chi connectivity index (χ4n) is 1.09. The van der Waals surface area contributed by atoms with E-state index in [2.05, 4.69) is 16.6 Å². The quantitative estimate of drug-likeness (QED) is 0.511. The van der Waals surface area contributed by atoms with Crippen LogP contribution in [0.1, 0.15) is 5.56 Å². The van der Waals surface area contributed by atoms with Gasteiger partial charge in [-0.1, -0.05) is 24.0 Å². The lowest BCUT2D eigenvalue weighted by molar-refractivity contribution is -0.186. The summed E-state index contributed by atoms with van der Waals surface area (Å²) in [6, 6.07) is 6.54. The van der Waals surface area contributed by atoms with Gasteiger partial charge in [0.05, 0.1) is 5.56 Å². The number of alkyl halides is 3. The summed E-state index contributed by atoms with van der Waals surface area (Å²) in [5, 5.41) is 8.56. The Kier molecular flexibility index (Phi) is 5.49. The number of ether oxygens (including phenoxy) is 2. The zero-order valence-corrected chi connectivity index (χ0v) is 9.33. The first-order valence-electron chi connectivity index (χ1n) is 4.99. The van der Waals surface area contributed by atoms with Crippen LogP contribution in [0, 0.1) is 11.8 Å². The molecule has 0 heterocycles. The molecular weight excluding hydrogens is 249 g/mol. The predicted molar refractivity (Wildman–Crippen MR) is 57.9 cm³/mol. The van der Waals surface area contributed by atoms with Gasteiger partial charge in [-0.3, -0.25) is 0 Å². The molecule has 1 aromatic rings. The van der Waals surface area contributed by atoms with Crippen LogP contribution >= 0.6 is 0 Å². The van der Waals surface area contributed by atoms with Crippen LogP contribution in [0.3, 0.4) is 0 Å². The van der Waals surface area contributed by atoms with E-state index in [4.69, 9.17) is 9.84 Å². The van der Waals surface area contributed by atoms with Gasteiger partial charge in [0.15, 0.2) is 6.79 Å². The largest absolute Gasteiger partial charge is 0.466 e. The van der Waals surface area contributed by atoms with Crippen molar-refractivity contribution in [2.24, 2.45) is 0 Å². The molecule has 18 heavy (non-hydrogen) atoms. The Morgan fingerprint density at radius 2 is 1.94 bits per heavy atom. The van der Waals surface area contributed by atoms with Gasteiger partial charge >= 0.3 is 6.18 Å². The van der Waals surface area contributed by atoms with Crippen molar-refractivity contribution in [3.8, 4) is 17.6 Å². The van der Waals surface area contributed by atoms with E-state index in [1.807, 2.05) is 0 Å². The molecule has 0 amide bonds. The van der Waals surface area contributed by atoms with Crippen LogP contribution in [0.2, 0.25) is 0 Å². The molecule has 0 atom stereocenters. The first-order valence-corrected chi connectivity index (χ1v) is 4.99. The minimum atomic E-state index is -4.38. The zero-order chi connectivity index (χ0) is 13.4. The second kappa shape index (κ2) is 6.89. The number of aliphatic hydroxyl groups is 1. The van der Waals surface area contributed by atoms with E-state index in [1.54, 1.807) is 24.3 Å². The Morgan fingerprint density at radius 1 is 1.22 bits per heavy atom. The number of hydrogen-bond acceptors (Lipinski definition) is 3. The summed E-state index contributed by atoms with van der Waals surface area (Å²) in [7, 11) is 0. The monoisotopic (exact) mass is 260 g/mol. The summed E-state index contributed by atoms with van der Waals surface area (Å²) in [5.41, 5.74) is 0.474. The summed E-state index contributed by atoms with van der Waals surface area (Å²) in [5.74, 6) is 5.35. The van der Waals surface area contributed by atoms with E-state index in [0.29, 0.717) is 11.3 Å². The van der Waals surface area contributed by atoms with Crippen molar-refractivity contribution < 1.29 is 27.8 Å². The van der Waals surface area contributed by atoms with Gasteiger partial charge in [0.2, 0.25) is 0 Å². The average molecular weight is 260 g/mol. The van der Waals surface area contributed by atoms with E-state index in [-0.39, 0.29) is 6.61 Å². The number of para-hydroxylation sites is 1. The van der Waals surface area contributed by atoms with Gasteiger partial charge in [-0.15, -0.1) is 0 Å². The summed E-state index contributed by atoms with van der Waals surface area (Å²) in [6.45, 7) is -2.19. The van der Waals surface area contributed by atoms with Crippen LogP contribution < -0.4 is 4.74 Å². The van der Waals surface area contributed by atoms with Crippen molar-refractivity contribution in [1.82, 2.24) is 0 Å². The van der Waals surface area contributed by atoms with Gasteiger partial charge in [0.1, 0.15) is 19.0 Å². The molecule has 0 aliphatic heterocycles. The van der Waals surface area contributed by atoms with Crippen molar-refractivity contribution >= 4 is 0 Å². The van der Waals surface area contributed by atoms with E-state index < -0.39 is 19.6 Å². The number of halogens is 3. The van der Waals surface area contributed by atoms with Crippen molar-refractivity contribution in [1.29, 1.82) is 0 Å². The minimum Gasteiger partial charge on any atom is -0.466 e. The lowest BCUT2D eigenvalue weighted by atomic mass is 10.2. The fourth-order valence-corrected chi connectivity index (χ4v) is 1.09. The van der Waals surface area contributed by atoms with Crippen LogP contribution in [0.15, 0.2) is 24.3 Å². The molecule has 0 saturated carbocycles. The molecule has 1 N–H and O–H groups in total. The van der Waals surface area contributed by atoms with Crippen molar-refractivity contribution in [2.45, 2.75) is 6.18 Å². The number of rotatable bonds is 4. The molecule has 0 fully saturated rings. The fraction of sp³-hybridized carbons (Fsp3) is 0.333. The molecule has 98 valence electrons. The lowest BCUT2D eigenvalue weighted by Gasteiger charge is -2.10. The third-order valence-corrected chi connectivity index (χ3v) is 1.75. The van der Waals surface area contributed by atoms with Crippen molar-refractivity contribution in [2.75, 3.05) is 20.0 Å². The molecule has 0 unspecified atom stereocenters. The maximum absolute atomic E-state index is 11.8. The van der Waals surface area contributed by atoms with Crippen LogP contribution in [0.5, 0.6) is 5.75 Å². The first-order chi connectivity index (χ1) is 8.53. The lowest BCUT2D eigenvalue weighted by Crippen LogP contribution is -2.19. The molecular formula is C12H11F3O3. The van der Waals surface area contributed by atoms with Crippen LogP contribution in [-0.4, -0.2) is 31.3 Å². The maximum Gasteiger partial charge on any atom is 0.411 e. The van der Waals surface area contributed by atoms with Crippen LogP contribution in [0.4, 0.5) is 13.2 Å². The molecule has 0 spiro atoms. The standard InChI is InChI=1S/C12H11F3O3/c13-12(14,15)8-17-9-18-11-6-2-1-4-10(11)5-3-7-16/h1-2,4,6,16H,7-9H2. The van der Waals surface area contributed by atoms with Gasteiger partial charge in [0, 0.05) is 0 Å². The SMILES string of the molecule is OCC#Cc1ccccc1OCOCC(F)(F)F. The summed E-state index contributed by atoms with van der Waals surface area (Å²) >= 11 is 0. The number of benzene rings is 1. The topological polar surface area (TPSA) is 38.7 Å². The third-order valence-electron chi connectivity index (χ3n) is 1.75. The predicted octanol–water partition coefficient (Wildman–Crippen LogP) is 1.95. The Hall–Kier alpha value is -1.71. The van der Waals surface area contributed by atoms with E-state index in [1.165, 1.54) is 0 Å². The molecule has 0 aromatic heterocycles. The first kappa shape index (κ1) is 14.4. The minimum absolute atomic E-state index is 0.306. The molecule has 6 heteroatoms. The van der Waals surface area contributed by atoms with Gasteiger partial charge < -0.3 is 14.6 Å². The normalized spacial score (nSPS) is 10.7. The molecule has 0 radical (unpaired) electrons. The highest BCUT2D eigenvalue weighted by Crippen LogP contribution is 2.18. The van der Waals surface area contributed by atoms with Crippen LogP contribution in [-0.2, 0) is 4.74 Å². The molecule has 3 nitrogen and oxygen atoms in total. The van der Waals surface area contributed by atoms with Gasteiger partial charge in [-0.25, -0.2) is 0 Å². The number of hydrogen-bond donors (Lipinski definition) is 1. The molecule has 1 aromatic carbocycles. The molecule has 0 aliphatic rings. The summed E-state index contributed by atoms with van der Waals surface area (Å²) in [6.07, 6.45) is -4.38. The van der Waals surface area contributed by atoms with Crippen molar-refractivity contribution in [3.05, 3.63) is 29.8 Å². The second-order valence-electron chi connectivity index (χ2n) is 3.18. The Bertz CT molecular complexity index is 432. The Morgan fingerprint density at radius 3 is 2.61 bits per heavy atom. The Balaban J connectivity index is 2.52. The van der Waals surface area contributed by atoms with Gasteiger partial charge in [-0.05, 0) is 12.1 Å².